The SMILES string of the molecule is Cc1ccc(S[C@@H](C)C(=O)NC[C@@H]2COc3ccccc3O2)cc1. The van der Waals surface area contributed by atoms with E-state index in [0.717, 1.165) is 16.4 Å². The lowest BCUT2D eigenvalue weighted by Gasteiger charge is -2.26. The van der Waals surface area contributed by atoms with Crippen LogP contribution < -0.4 is 14.8 Å². The fraction of sp³-hybridized carbons (Fsp3) is 0.316. The monoisotopic (exact) mass is 343 g/mol. The molecule has 24 heavy (non-hydrogen) atoms. The molecule has 0 unspecified atom stereocenters. The summed E-state index contributed by atoms with van der Waals surface area (Å²) in [5.41, 5.74) is 1.21. The smallest absolute Gasteiger partial charge is 0.233 e. The summed E-state index contributed by atoms with van der Waals surface area (Å²) in [5.74, 6) is 1.48. The van der Waals surface area contributed by atoms with Crippen LogP contribution in [0.1, 0.15) is 12.5 Å². The van der Waals surface area contributed by atoms with E-state index in [4.69, 9.17) is 9.47 Å². The summed E-state index contributed by atoms with van der Waals surface area (Å²) < 4.78 is 11.5. The third kappa shape index (κ3) is 4.23. The molecular formula is C19H21NO3S. The highest BCUT2D eigenvalue weighted by atomic mass is 32.2. The second kappa shape index (κ2) is 7.62. The maximum atomic E-state index is 12.3. The van der Waals surface area contributed by atoms with Gasteiger partial charge in [-0.3, -0.25) is 4.79 Å². The summed E-state index contributed by atoms with van der Waals surface area (Å²) >= 11 is 1.55. The predicted molar refractivity (Wildman–Crippen MR) is 95.9 cm³/mol. The van der Waals surface area contributed by atoms with E-state index in [1.807, 2.05) is 43.3 Å². The minimum Gasteiger partial charge on any atom is -0.486 e. The van der Waals surface area contributed by atoms with Gasteiger partial charge < -0.3 is 14.8 Å². The number of hydrogen-bond acceptors (Lipinski definition) is 4. The lowest BCUT2D eigenvalue weighted by molar-refractivity contribution is -0.120. The van der Waals surface area contributed by atoms with Crippen LogP contribution in [0.5, 0.6) is 11.5 Å². The zero-order valence-electron chi connectivity index (χ0n) is 13.8. The number of carbonyl (C=O) groups is 1. The summed E-state index contributed by atoms with van der Waals surface area (Å²) in [5, 5.41) is 2.79. The van der Waals surface area contributed by atoms with Crippen LogP contribution in [0.3, 0.4) is 0 Å². The van der Waals surface area contributed by atoms with Gasteiger partial charge in [-0.1, -0.05) is 29.8 Å². The van der Waals surface area contributed by atoms with Crippen LogP contribution in [0.25, 0.3) is 0 Å². The van der Waals surface area contributed by atoms with Crippen LogP contribution in [0.4, 0.5) is 0 Å². The molecule has 2 atom stereocenters. The molecule has 0 aliphatic carbocycles. The molecule has 4 nitrogen and oxygen atoms in total. The minimum atomic E-state index is -0.166. The lowest BCUT2D eigenvalue weighted by atomic mass is 10.2. The van der Waals surface area contributed by atoms with Gasteiger partial charge in [-0.25, -0.2) is 0 Å². The summed E-state index contributed by atoms with van der Waals surface area (Å²) in [6.07, 6.45) is -0.166. The van der Waals surface area contributed by atoms with Crippen molar-refractivity contribution in [2.45, 2.75) is 30.1 Å². The average Bonchev–Trinajstić information content (AvgIpc) is 2.61. The molecule has 3 rings (SSSR count). The second-order valence-corrected chi connectivity index (χ2v) is 7.23. The predicted octanol–water partition coefficient (Wildman–Crippen LogP) is 3.43. The third-order valence-electron chi connectivity index (χ3n) is 3.77. The van der Waals surface area contributed by atoms with E-state index in [1.165, 1.54) is 5.56 Å². The number of rotatable bonds is 5. The van der Waals surface area contributed by atoms with Crippen molar-refractivity contribution in [3.63, 3.8) is 0 Å². The van der Waals surface area contributed by atoms with Gasteiger partial charge in [0.1, 0.15) is 12.7 Å². The topological polar surface area (TPSA) is 47.6 Å². The highest BCUT2D eigenvalue weighted by Gasteiger charge is 2.22. The Labute approximate surface area is 146 Å². The Morgan fingerprint density at radius 1 is 1.21 bits per heavy atom. The molecular weight excluding hydrogens is 322 g/mol. The van der Waals surface area contributed by atoms with E-state index in [0.29, 0.717) is 13.2 Å². The molecule has 0 saturated heterocycles. The fourth-order valence-corrected chi connectivity index (χ4v) is 3.29. The Balaban J connectivity index is 1.48. The Hall–Kier alpha value is -2.14. The average molecular weight is 343 g/mol. The molecule has 1 heterocycles. The van der Waals surface area contributed by atoms with Crippen molar-refractivity contribution in [1.29, 1.82) is 0 Å². The summed E-state index contributed by atoms with van der Waals surface area (Å²) in [4.78, 5) is 13.4. The van der Waals surface area contributed by atoms with Crippen LogP contribution in [-0.4, -0.2) is 30.4 Å². The van der Waals surface area contributed by atoms with E-state index >= 15 is 0 Å². The summed E-state index contributed by atoms with van der Waals surface area (Å²) in [6, 6.07) is 15.8. The highest BCUT2D eigenvalue weighted by Crippen LogP contribution is 2.30. The quantitative estimate of drug-likeness (QED) is 0.845. The number of aryl methyl sites for hydroxylation is 1. The Morgan fingerprint density at radius 2 is 1.92 bits per heavy atom. The van der Waals surface area contributed by atoms with Gasteiger partial charge in [0.15, 0.2) is 11.5 Å². The van der Waals surface area contributed by atoms with Crippen molar-refractivity contribution in [2.24, 2.45) is 0 Å². The molecule has 2 aromatic carbocycles. The Morgan fingerprint density at radius 3 is 2.67 bits per heavy atom. The maximum Gasteiger partial charge on any atom is 0.233 e. The van der Waals surface area contributed by atoms with Gasteiger partial charge in [-0.2, -0.15) is 0 Å². The molecule has 0 bridgehead atoms. The number of benzene rings is 2. The van der Waals surface area contributed by atoms with Crippen LogP contribution in [0, 0.1) is 6.92 Å². The molecule has 1 amide bonds. The molecule has 1 aliphatic rings. The van der Waals surface area contributed by atoms with Crippen LogP contribution >= 0.6 is 11.8 Å². The first-order valence-corrected chi connectivity index (χ1v) is 8.89. The van der Waals surface area contributed by atoms with Gasteiger partial charge in [0.25, 0.3) is 0 Å². The summed E-state index contributed by atoms with van der Waals surface area (Å²) in [7, 11) is 0. The van der Waals surface area contributed by atoms with E-state index in [-0.39, 0.29) is 17.3 Å². The standard InChI is InChI=1S/C19H21NO3S/c1-13-7-9-16(10-8-13)24-14(2)19(21)20-11-15-12-22-17-5-3-4-6-18(17)23-15/h3-10,14-15H,11-12H2,1-2H3,(H,20,21)/t14-,15+/m0/s1. The second-order valence-electron chi connectivity index (χ2n) is 5.82. The van der Waals surface area contributed by atoms with E-state index < -0.39 is 0 Å². The minimum absolute atomic E-state index is 0.00281. The number of thioether (sulfide) groups is 1. The van der Waals surface area contributed by atoms with Crippen molar-refractivity contribution in [3.05, 3.63) is 54.1 Å². The van der Waals surface area contributed by atoms with Gasteiger partial charge in [0.2, 0.25) is 5.91 Å². The molecule has 1 aliphatic heterocycles. The van der Waals surface area contributed by atoms with Crippen molar-refractivity contribution in [1.82, 2.24) is 5.32 Å². The van der Waals surface area contributed by atoms with Crippen LogP contribution in [0.15, 0.2) is 53.4 Å². The molecule has 0 spiro atoms. The molecule has 0 aromatic heterocycles. The number of para-hydroxylation sites is 2. The van der Waals surface area contributed by atoms with Crippen molar-refractivity contribution in [3.8, 4) is 11.5 Å². The number of amides is 1. The van der Waals surface area contributed by atoms with Crippen molar-refractivity contribution < 1.29 is 14.3 Å². The molecule has 0 saturated carbocycles. The van der Waals surface area contributed by atoms with Crippen molar-refractivity contribution in [2.75, 3.05) is 13.2 Å². The van der Waals surface area contributed by atoms with Gasteiger partial charge in [0.05, 0.1) is 11.8 Å². The highest BCUT2D eigenvalue weighted by molar-refractivity contribution is 8.00. The molecule has 5 heteroatoms. The van der Waals surface area contributed by atoms with Gasteiger partial charge in [0, 0.05) is 4.90 Å². The molecule has 0 radical (unpaired) electrons. The van der Waals surface area contributed by atoms with Crippen LogP contribution in [-0.2, 0) is 4.79 Å². The number of carbonyl (C=O) groups excluding carboxylic acids is 1. The maximum absolute atomic E-state index is 12.3. The first-order chi connectivity index (χ1) is 11.6. The third-order valence-corrected chi connectivity index (χ3v) is 4.89. The van der Waals surface area contributed by atoms with Crippen LogP contribution in [0.2, 0.25) is 0 Å². The van der Waals surface area contributed by atoms with E-state index in [1.54, 1.807) is 11.8 Å². The van der Waals surface area contributed by atoms with E-state index in [2.05, 4.69) is 24.4 Å². The number of hydrogen-bond donors (Lipinski definition) is 1. The van der Waals surface area contributed by atoms with Gasteiger partial charge in [-0.15, -0.1) is 11.8 Å². The molecule has 0 fully saturated rings. The Kier molecular flexibility index (Phi) is 5.30. The molecule has 126 valence electrons. The zero-order chi connectivity index (χ0) is 16.9. The summed E-state index contributed by atoms with van der Waals surface area (Å²) in [6.45, 7) is 4.84. The van der Waals surface area contributed by atoms with Crippen molar-refractivity contribution >= 4 is 17.7 Å². The van der Waals surface area contributed by atoms with Gasteiger partial charge in [-0.05, 0) is 38.1 Å². The number of nitrogens with one attached hydrogen (secondary N) is 1. The van der Waals surface area contributed by atoms with Gasteiger partial charge >= 0.3 is 0 Å². The Bertz CT molecular complexity index is 702. The number of fused-ring (bicyclic) bond motifs is 1. The first kappa shape index (κ1) is 16.7. The largest absolute Gasteiger partial charge is 0.486 e. The molecule has 2 aromatic rings. The first-order valence-electron chi connectivity index (χ1n) is 8.01. The fourth-order valence-electron chi connectivity index (χ4n) is 2.40. The normalized spacial score (nSPS) is 17.2. The zero-order valence-corrected chi connectivity index (χ0v) is 14.6. The molecule has 1 N–H and O–H groups in total. The van der Waals surface area contributed by atoms with E-state index in [9.17, 15) is 4.79 Å². The number of ether oxygens (including phenoxy) is 2. The lowest BCUT2D eigenvalue weighted by Crippen LogP contribution is -2.42.